The van der Waals surface area contributed by atoms with E-state index < -0.39 is 11.9 Å². The van der Waals surface area contributed by atoms with Crippen LogP contribution in [0.1, 0.15) is 18.4 Å². The molecule has 0 aliphatic carbocycles. The van der Waals surface area contributed by atoms with Crippen LogP contribution in [0.15, 0.2) is 24.3 Å². The number of likely N-dealkylation sites (tertiary alicyclic amines) is 1. The molecule has 2 rings (SSSR count). The number of aryl methyl sites for hydroxylation is 1. The lowest BCUT2D eigenvalue weighted by molar-refractivity contribution is -0.143. The zero-order chi connectivity index (χ0) is 14.7. The maximum absolute atomic E-state index is 12.4. The van der Waals surface area contributed by atoms with Crippen LogP contribution in [0, 0.1) is 12.8 Å². The van der Waals surface area contributed by atoms with Gasteiger partial charge in [-0.05, 0) is 31.9 Å². The van der Waals surface area contributed by atoms with Crippen molar-refractivity contribution in [3.05, 3.63) is 29.8 Å². The Hall–Kier alpha value is -2.04. The Kier molecular flexibility index (Phi) is 4.27. The zero-order valence-electron chi connectivity index (χ0n) is 11.9. The van der Waals surface area contributed by atoms with E-state index in [-0.39, 0.29) is 6.03 Å². The highest BCUT2D eigenvalue weighted by molar-refractivity contribution is 5.91. The first-order valence-electron chi connectivity index (χ1n) is 6.81. The summed E-state index contributed by atoms with van der Waals surface area (Å²) in [5.41, 5.74) is 1.96. The number of urea groups is 1. The van der Waals surface area contributed by atoms with E-state index in [1.54, 1.807) is 16.8 Å². The zero-order valence-corrected chi connectivity index (χ0v) is 11.9. The number of rotatable bonds is 2. The molecular formula is C15H20N2O3. The molecule has 1 N–H and O–H groups in total. The third-order valence-electron chi connectivity index (χ3n) is 3.75. The smallest absolute Gasteiger partial charge is 0.324 e. The fourth-order valence-electron chi connectivity index (χ4n) is 2.44. The SMILES string of the molecule is Cc1ccc(N(C)C(=O)N2CCCC(C(=O)O)C2)cc1. The third-order valence-corrected chi connectivity index (χ3v) is 3.75. The summed E-state index contributed by atoms with van der Waals surface area (Å²) in [5.74, 6) is -1.26. The van der Waals surface area contributed by atoms with E-state index in [1.807, 2.05) is 31.2 Å². The van der Waals surface area contributed by atoms with Gasteiger partial charge in [0.05, 0.1) is 5.92 Å². The van der Waals surface area contributed by atoms with E-state index in [1.165, 1.54) is 0 Å². The van der Waals surface area contributed by atoms with E-state index in [0.29, 0.717) is 19.5 Å². The number of carboxylic acid groups (broad SMARTS) is 1. The molecule has 2 amide bonds. The maximum Gasteiger partial charge on any atom is 0.324 e. The molecule has 1 saturated heterocycles. The number of nitrogens with zero attached hydrogens (tertiary/aromatic N) is 2. The Morgan fingerprint density at radius 2 is 1.95 bits per heavy atom. The second kappa shape index (κ2) is 5.94. The largest absolute Gasteiger partial charge is 0.481 e. The van der Waals surface area contributed by atoms with Gasteiger partial charge in [-0.15, -0.1) is 0 Å². The van der Waals surface area contributed by atoms with Gasteiger partial charge in [0.15, 0.2) is 0 Å². The number of piperidine rings is 1. The van der Waals surface area contributed by atoms with Gasteiger partial charge in [-0.25, -0.2) is 4.79 Å². The number of carboxylic acids is 1. The minimum Gasteiger partial charge on any atom is -0.481 e. The van der Waals surface area contributed by atoms with Crippen molar-refractivity contribution in [3.63, 3.8) is 0 Å². The molecule has 0 bridgehead atoms. The van der Waals surface area contributed by atoms with E-state index in [2.05, 4.69) is 0 Å². The van der Waals surface area contributed by atoms with Gasteiger partial charge in [-0.1, -0.05) is 17.7 Å². The first-order valence-corrected chi connectivity index (χ1v) is 6.81. The highest BCUT2D eigenvalue weighted by Gasteiger charge is 2.29. The van der Waals surface area contributed by atoms with Crippen LogP contribution in [0.3, 0.4) is 0 Å². The van der Waals surface area contributed by atoms with E-state index in [9.17, 15) is 9.59 Å². The van der Waals surface area contributed by atoms with Crippen molar-refractivity contribution in [2.75, 3.05) is 25.0 Å². The van der Waals surface area contributed by atoms with Gasteiger partial charge in [0.25, 0.3) is 0 Å². The monoisotopic (exact) mass is 276 g/mol. The standard InChI is InChI=1S/C15H20N2O3/c1-11-5-7-13(8-6-11)16(2)15(20)17-9-3-4-12(10-17)14(18)19/h5-8,12H,3-4,9-10H2,1-2H3,(H,18,19). The summed E-state index contributed by atoms with van der Waals surface area (Å²) in [7, 11) is 1.72. The van der Waals surface area contributed by atoms with Crippen LogP contribution in [0.2, 0.25) is 0 Å². The number of carbonyl (C=O) groups excluding carboxylic acids is 1. The molecule has 0 spiro atoms. The molecule has 1 aromatic carbocycles. The number of carbonyl (C=O) groups is 2. The number of anilines is 1. The molecule has 0 aromatic heterocycles. The summed E-state index contributed by atoms with van der Waals surface area (Å²) < 4.78 is 0. The lowest BCUT2D eigenvalue weighted by Crippen LogP contribution is -2.47. The lowest BCUT2D eigenvalue weighted by atomic mass is 9.98. The Morgan fingerprint density at radius 3 is 2.55 bits per heavy atom. The summed E-state index contributed by atoms with van der Waals surface area (Å²) in [6, 6.07) is 7.56. The molecule has 0 saturated carbocycles. The molecule has 20 heavy (non-hydrogen) atoms. The summed E-state index contributed by atoms with van der Waals surface area (Å²) in [6.45, 7) is 2.91. The van der Waals surface area contributed by atoms with Gasteiger partial charge in [0.1, 0.15) is 0 Å². The number of amides is 2. The molecule has 1 aromatic rings. The summed E-state index contributed by atoms with van der Waals surface area (Å²) >= 11 is 0. The first kappa shape index (κ1) is 14.4. The predicted molar refractivity (Wildman–Crippen MR) is 76.9 cm³/mol. The van der Waals surface area contributed by atoms with Crippen LogP contribution < -0.4 is 4.90 Å². The number of benzene rings is 1. The molecular weight excluding hydrogens is 256 g/mol. The summed E-state index contributed by atoms with van der Waals surface area (Å²) in [6.07, 6.45) is 1.39. The van der Waals surface area contributed by atoms with E-state index >= 15 is 0 Å². The van der Waals surface area contributed by atoms with Crippen molar-refractivity contribution >= 4 is 17.7 Å². The maximum atomic E-state index is 12.4. The molecule has 1 aliphatic heterocycles. The highest BCUT2D eigenvalue weighted by Crippen LogP contribution is 2.20. The molecule has 1 fully saturated rings. The van der Waals surface area contributed by atoms with Crippen LogP contribution in [-0.4, -0.2) is 42.1 Å². The van der Waals surface area contributed by atoms with Gasteiger partial charge in [-0.2, -0.15) is 0 Å². The molecule has 1 heterocycles. The highest BCUT2D eigenvalue weighted by atomic mass is 16.4. The van der Waals surface area contributed by atoms with E-state index in [0.717, 1.165) is 17.7 Å². The summed E-state index contributed by atoms with van der Waals surface area (Å²) in [4.78, 5) is 26.7. The Morgan fingerprint density at radius 1 is 1.30 bits per heavy atom. The van der Waals surface area contributed by atoms with E-state index in [4.69, 9.17) is 5.11 Å². The number of hydrogen-bond acceptors (Lipinski definition) is 2. The lowest BCUT2D eigenvalue weighted by Gasteiger charge is -2.33. The predicted octanol–water partition coefficient (Wildman–Crippen LogP) is 2.35. The van der Waals surface area contributed by atoms with Crippen molar-refractivity contribution in [2.45, 2.75) is 19.8 Å². The third kappa shape index (κ3) is 3.10. The number of hydrogen-bond donors (Lipinski definition) is 1. The van der Waals surface area contributed by atoms with Crippen molar-refractivity contribution < 1.29 is 14.7 Å². The Bertz CT molecular complexity index is 498. The molecule has 1 atom stereocenters. The van der Waals surface area contributed by atoms with Gasteiger partial charge in [-0.3, -0.25) is 9.69 Å². The average molecular weight is 276 g/mol. The second-order valence-electron chi connectivity index (χ2n) is 5.30. The minimum absolute atomic E-state index is 0.139. The Labute approximate surface area is 118 Å². The first-order chi connectivity index (χ1) is 9.49. The molecule has 5 nitrogen and oxygen atoms in total. The quantitative estimate of drug-likeness (QED) is 0.902. The van der Waals surface area contributed by atoms with Crippen molar-refractivity contribution in [3.8, 4) is 0 Å². The van der Waals surface area contributed by atoms with Crippen LogP contribution in [0.5, 0.6) is 0 Å². The van der Waals surface area contributed by atoms with Crippen molar-refractivity contribution in [1.82, 2.24) is 4.90 Å². The fraction of sp³-hybridized carbons (Fsp3) is 0.467. The van der Waals surface area contributed by atoms with Crippen LogP contribution in [0.25, 0.3) is 0 Å². The van der Waals surface area contributed by atoms with Crippen LogP contribution >= 0.6 is 0 Å². The van der Waals surface area contributed by atoms with Gasteiger partial charge < -0.3 is 10.0 Å². The number of aliphatic carboxylic acids is 1. The molecule has 1 unspecified atom stereocenters. The molecule has 5 heteroatoms. The minimum atomic E-state index is -0.819. The summed E-state index contributed by atoms with van der Waals surface area (Å²) in [5, 5.41) is 9.07. The normalized spacial score (nSPS) is 18.7. The van der Waals surface area contributed by atoms with Gasteiger partial charge in [0, 0.05) is 25.8 Å². The topological polar surface area (TPSA) is 60.9 Å². The average Bonchev–Trinajstić information content (AvgIpc) is 2.46. The van der Waals surface area contributed by atoms with Crippen LogP contribution in [0.4, 0.5) is 10.5 Å². The molecule has 0 radical (unpaired) electrons. The van der Waals surface area contributed by atoms with Crippen LogP contribution in [-0.2, 0) is 4.79 Å². The molecule has 1 aliphatic rings. The fourth-order valence-corrected chi connectivity index (χ4v) is 2.44. The second-order valence-corrected chi connectivity index (χ2v) is 5.30. The molecule has 108 valence electrons. The Balaban J connectivity index is 2.06. The van der Waals surface area contributed by atoms with Gasteiger partial charge in [0.2, 0.25) is 0 Å². The van der Waals surface area contributed by atoms with Crippen molar-refractivity contribution in [1.29, 1.82) is 0 Å². The van der Waals surface area contributed by atoms with Gasteiger partial charge >= 0.3 is 12.0 Å². The van der Waals surface area contributed by atoms with Crippen molar-refractivity contribution in [2.24, 2.45) is 5.92 Å².